The lowest BCUT2D eigenvalue weighted by Gasteiger charge is -2.20. The Hall–Kier alpha value is -2.12. The molecule has 0 saturated carbocycles. The van der Waals surface area contributed by atoms with Gasteiger partial charge in [-0.3, -0.25) is 4.79 Å². The van der Waals surface area contributed by atoms with Crippen molar-refractivity contribution in [2.24, 2.45) is 0 Å². The first-order valence-electron chi connectivity index (χ1n) is 7.08. The van der Waals surface area contributed by atoms with E-state index >= 15 is 0 Å². The summed E-state index contributed by atoms with van der Waals surface area (Å²) in [6.07, 6.45) is 1.62. The number of carbonyl (C=O) groups excluding carboxylic acids is 2. The fourth-order valence-electron chi connectivity index (χ4n) is 1.97. The van der Waals surface area contributed by atoms with Crippen molar-refractivity contribution in [3.05, 3.63) is 63.3 Å². The van der Waals surface area contributed by atoms with Gasteiger partial charge in [-0.2, -0.15) is 0 Å². The summed E-state index contributed by atoms with van der Waals surface area (Å²) in [6.45, 7) is 4.06. The number of phenols is 1. The van der Waals surface area contributed by atoms with E-state index in [0.29, 0.717) is 13.1 Å². The molecule has 0 atom stereocenters. The van der Waals surface area contributed by atoms with Crippen LogP contribution in [0.15, 0.2) is 52.8 Å². The number of nitrogens with zero attached hydrogens (tertiary/aromatic N) is 1. The van der Waals surface area contributed by atoms with Gasteiger partial charge in [0.2, 0.25) is 0 Å². The Morgan fingerprint density at radius 1 is 1.33 bits per heavy atom. The Morgan fingerprint density at radius 2 is 2.12 bits per heavy atom. The molecule has 1 amide bonds. The first-order chi connectivity index (χ1) is 11.5. The van der Waals surface area contributed by atoms with Crippen molar-refractivity contribution in [1.29, 1.82) is 0 Å². The summed E-state index contributed by atoms with van der Waals surface area (Å²) in [5.41, 5.74) is 0.195. The van der Waals surface area contributed by atoms with Gasteiger partial charge in [-0.1, -0.05) is 12.1 Å². The van der Waals surface area contributed by atoms with E-state index in [0.717, 1.165) is 8.66 Å². The summed E-state index contributed by atoms with van der Waals surface area (Å²) in [5, 5.41) is 9.37. The summed E-state index contributed by atoms with van der Waals surface area (Å²) in [5.74, 6) is -1.00. The zero-order valence-corrected chi connectivity index (χ0v) is 15.2. The number of ether oxygens (including phenoxy) is 1. The molecule has 1 heterocycles. The molecule has 1 aromatic carbocycles. The predicted molar refractivity (Wildman–Crippen MR) is 96.0 cm³/mol. The van der Waals surface area contributed by atoms with Gasteiger partial charge in [0.1, 0.15) is 5.75 Å². The van der Waals surface area contributed by atoms with Crippen LogP contribution in [0.4, 0.5) is 0 Å². The van der Waals surface area contributed by atoms with Crippen LogP contribution in [0.5, 0.6) is 5.75 Å². The lowest BCUT2D eigenvalue weighted by Crippen LogP contribution is -2.34. The Bertz CT molecular complexity index is 744. The van der Waals surface area contributed by atoms with Gasteiger partial charge in [0.15, 0.2) is 6.61 Å². The maximum atomic E-state index is 12.3. The van der Waals surface area contributed by atoms with Crippen LogP contribution < -0.4 is 0 Å². The fraction of sp³-hybridized carbons (Fsp3) is 0.176. The molecular formula is C17H16BrNO4S. The highest BCUT2D eigenvalue weighted by molar-refractivity contribution is 9.11. The van der Waals surface area contributed by atoms with Crippen molar-refractivity contribution in [2.45, 2.75) is 6.54 Å². The highest BCUT2D eigenvalue weighted by Crippen LogP contribution is 2.23. The highest BCUT2D eigenvalue weighted by atomic mass is 79.9. The molecule has 1 N–H and O–H groups in total. The molecule has 2 rings (SSSR count). The van der Waals surface area contributed by atoms with Crippen LogP contribution in [-0.4, -0.2) is 35.0 Å². The minimum Gasteiger partial charge on any atom is -0.508 e. The maximum Gasteiger partial charge on any atom is 0.338 e. The quantitative estimate of drug-likeness (QED) is 0.560. The zero-order valence-electron chi connectivity index (χ0n) is 12.8. The molecule has 0 radical (unpaired) electrons. The molecule has 0 aliphatic heterocycles. The number of benzene rings is 1. The Kier molecular flexibility index (Phi) is 6.57. The first-order valence-corrected chi connectivity index (χ1v) is 8.69. The Labute approximate surface area is 152 Å². The van der Waals surface area contributed by atoms with E-state index in [1.165, 1.54) is 35.6 Å². The molecule has 0 spiro atoms. The molecule has 0 saturated heterocycles. The molecule has 1 aromatic heterocycles. The van der Waals surface area contributed by atoms with Crippen molar-refractivity contribution in [1.82, 2.24) is 4.90 Å². The summed E-state index contributed by atoms with van der Waals surface area (Å²) >= 11 is 4.92. The minimum atomic E-state index is -0.656. The van der Waals surface area contributed by atoms with Gasteiger partial charge >= 0.3 is 5.97 Å². The Morgan fingerprint density at radius 3 is 2.75 bits per heavy atom. The highest BCUT2D eigenvalue weighted by Gasteiger charge is 2.17. The van der Waals surface area contributed by atoms with E-state index in [2.05, 4.69) is 22.5 Å². The second-order valence-corrected chi connectivity index (χ2v) is 7.44. The van der Waals surface area contributed by atoms with Gasteiger partial charge in [-0.15, -0.1) is 17.9 Å². The maximum absolute atomic E-state index is 12.3. The van der Waals surface area contributed by atoms with E-state index in [-0.39, 0.29) is 23.8 Å². The summed E-state index contributed by atoms with van der Waals surface area (Å²) in [7, 11) is 0. The van der Waals surface area contributed by atoms with Crippen LogP contribution in [0.2, 0.25) is 0 Å². The van der Waals surface area contributed by atoms with Crippen LogP contribution in [0, 0.1) is 0 Å². The first kappa shape index (κ1) is 18.2. The number of phenolic OH excluding ortho intramolecular Hbond substituents is 1. The number of amides is 1. The number of aromatic hydroxyl groups is 1. The largest absolute Gasteiger partial charge is 0.508 e. The minimum absolute atomic E-state index is 0.0349. The Balaban J connectivity index is 1.94. The molecule has 0 unspecified atom stereocenters. The van der Waals surface area contributed by atoms with Gasteiger partial charge < -0.3 is 14.7 Å². The molecule has 0 aliphatic carbocycles. The molecule has 0 bridgehead atoms. The number of esters is 1. The van der Waals surface area contributed by atoms with Crippen LogP contribution in [0.25, 0.3) is 0 Å². The number of hydrogen-bond acceptors (Lipinski definition) is 5. The van der Waals surface area contributed by atoms with Gasteiger partial charge in [0, 0.05) is 11.4 Å². The third kappa shape index (κ3) is 5.21. The average Bonchev–Trinajstić information content (AvgIpc) is 2.97. The number of carbonyl (C=O) groups is 2. The molecule has 7 heteroatoms. The van der Waals surface area contributed by atoms with Crippen molar-refractivity contribution in [3.63, 3.8) is 0 Å². The zero-order chi connectivity index (χ0) is 17.5. The van der Waals surface area contributed by atoms with Crippen molar-refractivity contribution in [2.75, 3.05) is 13.2 Å². The fourth-order valence-corrected chi connectivity index (χ4v) is 3.47. The number of thiophene rings is 1. The second-order valence-electron chi connectivity index (χ2n) is 4.90. The third-order valence-corrected chi connectivity index (χ3v) is 4.69. The lowest BCUT2D eigenvalue weighted by atomic mass is 10.2. The normalized spacial score (nSPS) is 10.2. The molecule has 0 aliphatic rings. The summed E-state index contributed by atoms with van der Waals surface area (Å²) < 4.78 is 6.02. The van der Waals surface area contributed by atoms with Crippen molar-refractivity contribution >= 4 is 39.1 Å². The molecule has 126 valence electrons. The van der Waals surface area contributed by atoms with E-state index in [1.807, 2.05) is 12.1 Å². The molecular weight excluding hydrogens is 394 g/mol. The molecule has 2 aromatic rings. The number of hydrogen-bond donors (Lipinski definition) is 1. The smallest absolute Gasteiger partial charge is 0.338 e. The molecule has 0 fully saturated rings. The van der Waals surface area contributed by atoms with E-state index in [4.69, 9.17) is 4.74 Å². The summed E-state index contributed by atoms with van der Waals surface area (Å²) in [6, 6.07) is 9.63. The van der Waals surface area contributed by atoms with Crippen LogP contribution in [0.3, 0.4) is 0 Å². The van der Waals surface area contributed by atoms with Crippen LogP contribution >= 0.6 is 27.3 Å². The standard InChI is InChI=1S/C17H16BrNO4S/c1-2-8-19(10-14-6-7-15(18)24-14)16(21)11-23-17(22)12-4-3-5-13(20)9-12/h2-7,9,20H,1,8,10-11H2. The van der Waals surface area contributed by atoms with Gasteiger partial charge in [-0.05, 0) is 46.3 Å². The second kappa shape index (κ2) is 8.65. The van der Waals surface area contributed by atoms with E-state index in [9.17, 15) is 14.7 Å². The molecule has 5 nitrogen and oxygen atoms in total. The average molecular weight is 410 g/mol. The molecule has 24 heavy (non-hydrogen) atoms. The van der Waals surface area contributed by atoms with E-state index in [1.54, 1.807) is 11.0 Å². The van der Waals surface area contributed by atoms with Crippen molar-refractivity contribution in [3.8, 4) is 5.75 Å². The lowest BCUT2D eigenvalue weighted by molar-refractivity contribution is -0.134. The van der Waals surface area contributed by atoms with Gasteiger partial charge in [0.25, 0.3) is 5.91 Å². The topological polar surface area (TPSA) is 66.8 Å². The van der Waals surface area contributed by atoms with E-state index < -0.39 is 5.97 Å². The number of halogens is 1. The van der Waals surface area contributed by atoms with Crippen LogP contribution in [-0.2, 0) is 16.1 Å². The SMILES string of the molecule is C=CCN(Cc1ccc(Br)s1)C(=O)COC(=O)c1cccc(O)c1. The van der Waals surface area contributed by atoms with Crippen LogP contribution in [0.1, 0.15) is 15.2 Å². The summed E-state index contributed by atoms with van der Waals surface area (Å²) in [4.78, 5) is 26.8. The van der Waals surface area contributed by atoms with Gasteiger partial charge in [0.05, 0.1) is 15.9 Å². The third-order valence-electron chi connectivity index (χ3n) is 3.09. The predicted octanol–water partition coefficient (Wildman–Crippen LogP) is 3.59. The number of rotatable bonds is 7. The monoisotopic (exact) mass is 409 g/mol. The van der Waals surface area contributed by atoms with Crippen molar-refractivity contribution < 1.29 is 19.4 Å². The van der Waals surface area contributed by atoms with Gasteiger partial charge in [-0.25, -0.2) is 4.79 Å².